The minimum atomic E-state index is -0.150. The van der Waals surface area contributed by atoms with E-state index >= 15 is 0 Å². The number of carbonyl (C=O) groups is 1. The van der Waals surface area contributed by atoms with Crippen molar-refractivity contribution >= 4 is 5.91 Å². The second-order valence-corrected chi connectivity index (χ2v) is 5.92. The van der Waals surface area contributed by atoms with Crippen molar-refractivity contribution in [2.45, 2.75) is 45.8 Å². The molecule has 4 heteroatoms. The highest BCUT2D eigenvalue weighted by molar-refractivity contribution is 5.82. The fourth-order valence-corrected chi connectivity index (χ4v) is 2.57. The van der Waals surface area contributed by atoms with Gasteiger partial charge in [0.05, 0.1) is 18.7 Å². The highest BCUT2D eigenvalue weighted by atomic mass is 16.5. The van der Waals surface area contributed by atoms with Gasteiger partial charge < -0.3 is 15.4 Å². The second-order valence-electron chi connectivity index (χ2n) is 5.92. The number of ether oxygens (including phenoxy) is 1. The molecule has 2 atom stereocenters. The molecule has 0 radical (unpaired) electrons. The number of hydrogen-bond donors (Lipinski definition) is 2. The average Bonchev–Trinajstić information content (AvgIpc) is 2.50. The molecule has 0 saturated heterocycles. The molecule has 1 aliphatic rings. The van der Waals surface area contributed by atoms with Crippen molar-refractivity contribution in [1.82, 2.24) is 10.6 Å². The van der Waals surface area contributed by atoms with Gasteiger partial charge in [0, 0.05) is 13.2 Å². The first-order valence-electron chi connectivity index (χ1n) is 7.80. The van der Waals surface area contributed by atoms with Crippen molar-refractivity contribution in [3.05, 3.63) is 35.4 Å². The van der Waals surface area contributed by atoms with E-state index in [1.54, 1.807) is 0 Å². The Morgan fingerprint density at radius 3 is 2.76 bits per heavy atom. The van der Waals surface area contributed by atoms with E-state index in [2.05, 4.69) is 36.6 Å². The third-order valence-corrected chi connectivity index (χ3v) is 4.03. The number of hydrogen-bond acceptors (Lipinski definition) is 3. The van der Waals surface area contributed by atoms with Gasteiger partial charge >= 0.3 is 0 Å². The van der Waals surface area contributed by atoms with Crippen LogP contribution in [0, 0.1) is 5.92 Å². The zero-order valence-corrected chi connectivity index (χ0v) is 13.2. The Labute approximate surface area is 127 Å². The molecule has 1 aliphatic heterocycles. The van der Waals surface area contributed by atoms with Gasteiger partial charge in [-0.3, -0.25) is 4.79 Å². The van der Waals surface area contributed by atoms with E-state index in [1.165, 1.54) is 11.1 Å². The molecule has 1 unspecified atom stereocenters. The van der Waals surface area contributed by atoms with Gasteiger partial charge in [-0.15, -0.1) is 0 Å². The van der Waals surface area contributed by atoms with Crippen LogP contribution in [0.4, 0.5) is 0 Å². The Hall–Kier alpha value is -1.39. The van der Waals surface area contributed by atoms with Crippen LogP contribution in [0.15, 0.2) is 24.3 Å². The van der Waals surface area contributed by atoms with E-state index < -0.39 is 0 Å². The van der Waals surface area contributed by atoms with Crippen LogP contribution in [0.2, 0.25) is 0 Å². The highest BCUT2D eigenvalue weighted by Gasteiger charge is 2.26. The molecule has 1 aromatic carbocycles. The first kappa shape index (κ1) is 16.0. The summed E-state index contributed by atoms with van der Waals surface area (Å²) in [6.07, 6.45) is 0.751. The lowest BCUT2D eigenvalue weighted by Gasteiger charge is -2.29. The molecule has 0 saturated carbocycles. The van der Waals surface area contributed by atoms with Crippen LogP contribution in [0.1, 0.15) is 31.9 Å². The monoisotopic (exact) mass is 290 g/mol. The van der Waals surface area contributed by atoms with Crippen LogP contribution in [-0.2, 0) is 22.5 Å². The molecule has 0 aromatic heterocycles. The first-order chi connectivity index (χ1) is 10.1. The smallest absolute Gasteiger partial charge is 0.237 e. The zero-order valence-electron chi connectivity index (χ0n) is 13.2. The highest BCUT2D eigenvalue weighted by Crippen LogP contribution is 2.16. The quantitative estimate of drug-likeness (QED) is 0.841. The summed E-state index contributed by atoms with van der Waals surface area (Å²) in [7, 11) is 0. The van der Waals surface area contributed by atoms with Crippen molar-refractivity contribution in [1.29, 1.82) is 0 Å². The minimum absolute atomic E-state index is 0.0661. The fraction of sp³-hybridized carbons (Fsp3) is 0.588. The summed E-state index contributed by atoms with van der Waals surface area (Å²) in [5.74, 6) is 0.430. The summed E-state index contributed by atoms with van der Waals surface area (Å²) < 4.78 is 5.47. The Morgan fingerprint density at radius 2 is 2.10 bits per heavy atom. The lowest BCUT2D eigenvalue weighted by Crippen LogP contribution is -2.52. The van der Waals surface area contributed by atoms with Crippen molar-refractivity contribution in [3.8, 4) is 0 Å². The Balaban J connectivity index is 1.94. The summed E-state index contributed by atoms with van der Waals surface area (Å²) in [5.41, 5.74) is 2.55. The molecule has 0 aliphatic carbocycles. The molecule has 116 valence electrons. The van der Waals surface area contributed by atoms with Gasteiger partial charge in [-0.2, -0.15) is 0 Å². The molecule has 2 rings (SSSR count). The Morgan fingerprint density at radius 1 is 1.38 bits per heavy atom. The number of rotatable bonds is 6. The summed E-state index contributed by atoms with van der Waals surface area (Å²) in [5, 5.41) is 6.45. The van der Waals surface area contributed by atoms with Gasteiger partial charge in [0.1, 0.15) is 0 Å². The van der Waals surface area contributed by atoms with Crippen molar-refractivity contribution in [2.24, 2.45) is 5.92 Å². The zero-order chi connectivity index (χ0) is 15.2. The predicted molar refractivity (Wildman–Crippen MR) is 84.0 cm³/mol. The summed E-state index contributed by atoms with van der Waals surface area (Å²) in [4.78, 5) is 12.5. The van der Waals surface area contributed by atoms with Crippen LogP contribution >= 0.6 is 0 Å². The average molecular weight is 290 g/mol. The van der Waals surface area contributed by atoms with Crippen LogP contribution in [0.5, 0.6) is 0 Å². The van der Waals surface area contributed by atoms with Gasteiger partial charge in [0.2, 0.25) is 5.91 Å². The number of amides is 1. The molecule has 21 heavy (non-hydrogen) atoms. The van der Waals surface area contributed by atoms with Gasteiger partial charge in [-0.05, 0) is 30.4 Å². The molecular weight excluding hydrogens is 264 g/mol. The molecule has 4 nitrogen and oxygen atoms in total. The van der Waals surface area contributed by atoms with E-state index in [0.29, 0.717) is 19.1 Å². The van der Waals surface area contributed by atoms with E-state index in [9.17, 15) is 4.79 Å². The molecule has 1 heterocycles. The largest absolute Gasteiger partial charge is 0.380 e. The molecule has 1 amide bonds. The summed E-state index contributed by atoms with van der Waals surface area (Å²) in [6, 6.07) is 8.21. The van der Waals surface area contributed by atoms with Gasteiger partial charge in [-0.25, -0.2) is 0 Å². The van der Waals surface area contributed by atoms with Gasteiger partial charge in [-0.1, -0.05) is 38.1 Å². The van der Waals surface area contributed by atoms with E-state index in [-0.39, 0.29) is 18.0 Å². The Kier molecular flexibility index (Phi) is 5.76. The van der Waals surface area contributed by atoms with E-state index in [0.717, 1.165) is 13.0 Å². The maximum Gasteiger partial charge on any atom is 0.237 e. The lowest BCUT2D eigenvalue weighted by molar-refractivity contribution is -0.124. The molecule has 2 N–H and O–H groups in total. The maximum absolute atomic E-state index is 12.5. The lowest BCUT2D eigenvalue weighted by atomic mass is 9.95. The van der Waals surface area contributed by atoms with Crippen LogP contribution in [0.3, 0.4) is 0 Å². The third kappa shape index (κ3) is 4.29. The molecule has 0 fully saturated rings. The summed E-state index contributed by atoms with van der Waals surface area (Å²) in [6.45, 7) is 8.18. The van der Waals surface area contributed by atoms with Crippen LogP contribution in [-0.4, -0.2) is 31.2 Å². The predicted octanol–water partition coefficient (Wildman–Crippen LogP) is 1.88. The van der Waals surface area contributed by atoms with E-state index in [1.807, 2.05) is 19.1 Å². The Bertz CT molecular complexity index is 474. The first-order valence-corrected chi connectivity index (χ1v) is 7.80. The van der Waals surface area contributed by atoms with Crippen molar-refractivity contribution in [2.75, 3.05) is 13.2 Å². The van der Waals surface area contributed by atoms with Gasteiger partial charge in [0.15, 0.2) is 0 Å². The van der Waals surface area contributed by atoms with Crippen LogP contribution < -0.4 is 10.6 Å². The minimum Gasteiger partial charge on any atom is -0.380 e. The SMILES string of the molecule is CCOCC(NC(=O)[C@@H]1Cc2ccccc2CN1)C(C)C. The second kappa shape index (κ2) is 7.57. The van der Waals surface area contributed by atoms with Gasteiger partial charge in [0.25, 0.3) is 0 Å². The maximum atomic E-state index is 12.5. The standard InChI is InChI=1S/C17H26N2O2/c1-4-21-11-16(12(2)3)19-17(20)15-9-13-7-5-6-8-14(13)10-18-15/h5-8,12,15-16,18H,4,9-11H2,1-3H3,(H,19,20)/t15-,16?/m0/s1. The number of nitrogens with one attached hydrogen (secondary N) is 2. The fourth-order valence-electron chi connectivity index (χ4n) is 2.57. The molecular formula is C17H26N2O2. The number of carbonyl (C=O) groups excluding carboxylic acids is 1. The molecule has 0 spiro atoms. The van der Waals surface area contributed by atoms with Crippen LogP contribution in [0.25, 0.3) is 0 Å². The topological polar surface area (TPSA) is 50.4 Å². The van der Waals surface area contributed by atoms with E-state index in [4.69, 9.17) is 4.74 Å². The molecule has 1 aromatic rings. The number of fused-ring (bicyclic) bond motifs is 1. The number of benzene rings is 1. The summed E-state index contributed by atoms with van der Waals surface area (Å²) >= 11 is 0. The van der Waals surface area contributed by atoms with Crippen molar-refractivity contribution < 1.29 is 9.53 Å². The normalized spacial score (nSPS) is 19.1. The van der Waals surface area contributed by atoms with Crippen molar-refractivity contribution in [3.63, 3.8) is 0 Å². The third-order valence-electron chi connectivity index (χ3n) is 4.03. The molecule has 0 bridgehead atoms.